The summed E-state index contributed by atoms with van der Waals surface area (Å²) in [6.07, 6.45) is 5.85. The van der Waals surface area contributed by atoms with Crippen molar-refractivity contribution in [2.45, 2.75) is 52.5 Å². The summed E-state index contributed by atoms with van der Waals surface area (Å²) in [5, 5.41) is 0. The van der Waals surface area contributed by atoms with Gasteiger partial charge in [-0.1, -0.05) is 20.8 Å². The molecule has 0 radical (unpaired) electrons. The molecule has 72 valence electrons. The normalized spacial score (nSPS) is 40.5. The Morgan fingerprint density at radius 3 is 1.92 bits per heavy atom. The molecule has 1 saturated carbocycles. The molecule has 0 spiro atoms. The third kappa shape index (κ3) is 1.82. The summed E-state index contributed by atoms with van der Waals surface area (Å²) < 4.78 is 0. The SMILES string of the molecule is CC.CN1CC2(C)CCC1CC2. The van der Waals surface area contributed by atoms with E-state index in [4.69, 9.17) is 0 Å². The Balaban J connectivity index is 0.000000336. The van der Waals surface area contributed by atoms with E-state index in [0.29, 0.717) is 5.41 Å². The van der Waals surface area contributed by atoms with E-state index in [1.165, 1.54) is 32.2 Å². The first kappa shape index (κ1) is 10.0. The first-order valence-electron chi connectivity index (χ1n) is 5.40. The quantitative estimate of drug-likeness (QED) is 0.539. The molecule has 1 aliphatic carbocycles. The van der Waals surface area contributed by atoms with E-state index in [9.17, 15) is 0 Å². The number of nitrogens with zero attached hydrogens (tertiary/aromatic N) is 1. The van der Waals surface area contributed by atoms with E-state index in [0.717, 1.165) is 6.04 Å². The average Bonchev–Trinajstić information content (AvgIpc) is 2.08. The van der Waals surface area contributed by atoms with Crippen LogP contribution in [-0.2, 0) is 0 Å². The smallest absolute Gasteiger partial charge is 0.00928 e. The molecular formula is C11H23N. The van der Waals surface area contributed by atoms with E-state index >= 15 is 0 Å². The Morgan fingerprint density at radius 1 is 1.17 bits per heavy atom. The largest absolute Gasteiger partial charge is 0.303 e. The summed E-state index contributed by atoms with van der Waals surface area (Å²) in [7, 11) is 2.28. The molecule has 0 aromatic heterocycles. The summed E-state index contributed by atoms with van der Waals surface area (Å²) in [5.74, 6) is 0. The van der Waals surface area contributed by atoms with Crippen LogP contribution in [0.15, 0.2) is 0 Å². The maximum absolute atomic E-state index is 2.55. The number of hydrogen-bond donors (Lipinski definition) is 0. The molecule has 2 saturated heterocycles. The highest BCUT2D eigenvalue weighted by molar-refractivity contribution is 4.93. The standard InChI is InChI=1S/C9H17N.C2H6/c1-9-5-3-8(4-6-9)10(2)7-9;1-2/h8H,3-7H2,1-2H3;1-2H3. The van der Waals surface area contributed by atoms with E-state index in [1.807, 2.05) is 13.8 Å². The lowest BCUT2D eigenvalue weighted by atomic mass is 9.69. The van der Waals surface area contributed by atoms with Crippen molar-refractivity contribution in [2.24, 2.45) is 5.41 Å². The fourth-order valence-corrected chi connectivity index (χ4v) is 2.63. The van der Waals surface area contributed by atoms with Crippen molar-refractivity contribution in [3.63, 3.8) is 0 Å². The van der Waals surface area contributed by atoms with Crippen molar-refractivity contribution < 1.29 is 0 Å². The van der Waals surface area contributed by atoms with Crippen LogP contribution in [0.5, 0.6) is 0 Å². The van der Waals surface area contributed by atoms with Crippen LogP contribution in [0, 0.1) is 5.41 Å². The zero-order valence-corrected chi connectivity index (χ0v) is 9.06. The lowest BCUT2D eigenvalue weighted by Gasteiger charge is -2.50. The molecule has 0 N–H and O–H groups in total. The van der Waals surface area contributed by atoms with Crippen LogP contribution >= 0.6 is 0 Å². The van der Waals surface area contributed by atoms with Crippen LogP contribution in [0.25, 0.3) is 0 Å². The van der Waals surface area contributed by atoms with E-state index in [1.54, 1.807) is 0 Å². The van der Waals surface area contributed by atoms with Crippen molar-refractivity contribution in [1.82, 2.24) is 4.90 Å². The molecule has 0 unspecified atom stereocenters. The molecule has 3 fully saturated rings. The summed E-state index contributed by atoms with van der Waals surface area (Å²) in [6, 6.07) is 0.932. The Morgan fingerprint density at radius 2 is 1.67 bits per heavy atom. The Kier molecular flexibility index (Phi) is 3.16. The summed E-state index contributed by atoms with van der Waals surface area (Å²) >= 11 is 0. The number of fused-ring (bicyclic) bond motifs is 3. The second-order valence-corrected chi connectivity index (χ2v) is 4.46. The van der Waals surface area contributed by atoms with Crippen molar-refractivity contribution >= 4 is 0 Å². The highest BCUT2D eigenvalue weighted by Gasteiger charge is 2.39. The zero-order chi connectivity index (χ0) is 9.19. The fraction of sp³-hybridized carbons (Fsp3) is 1.00. The molecule has 3 aliphatic rings. The molecule has 0 aromatic carbocycles. The van der Waals surface area contributed by atoms with Crippen molar-refractivity contribution in [1.29, 1.82) is 0 Å². The van der Waals surface area contributed by atoms with Crippen LogP contribution < -0.4 is 0 Å². The predicted octanol–water partition coefficient (Wildman–Crippen LogP) is 2.91. The number of piperidine rings is 2. The van der Waals surface area contributed by atoms with Gasteiger partial charge in [-0.05, 0) is 38.1 Å². The maximum Gasteiger partial charge on any atom is 0.00928 e. The fourth-order valence-electron chi connectivity index (χ4n) is 2.63. The molecule has 2 aliphatic heterocycles. The van der Waals surface area contributed by atoms with Gasteiger partial charge in [0.25, 0.3) is 0 Å². The predicted molar refractivity (Wildman–Crippen MR) is 54.3 cm³/mol. The Labute approximate surface area is 77.1 Å². The van der Waals surface area contributed by atoms with Crippen molar-refractivity contribution in [3.8, 4) is 0 Å². The molecule has 2 heterocycles. The molecule has 12 heavy (non-hydrogen) atoms. The van der Waals surface area contributed by atoms with Crippen molar-refractivity contribution in [3.05, 3.63) is 0 Å². The molecule has 1 heteroatoms. The Hall–Kier alpha value is -0.0400. The van der Waals surface area contributed by atoms with Gasteiger partial charge in [0.15, 0.2) is 0 Å². The van der Waals surface area contributed by atoms with Crippen LogP contribution in [-0.4, -0.2) is 24.5 Å². The van der Waals surface area contributed by atoms with Crippen LogP contribution in [0.4, 0.5) is 0 Å². The second-order valence-electron chi connectivity index (χ2n) is 4.46. The van der Waals surface area contributed by atoms with Gasteiger partial charge < -0.3 is 4.90 Å². The number of hydrogen-bond acceptors (Lipinski definition) is 1. The van der Waals surface area contributed by atoms with Gasteiger partial charge in [0.2, 0.25) is 0 Å². The maximum atomic E-state index is 2.55. The molecule has 0 aromatic rings. The molecule has 1 nitrogen and oxygen atoms in total. The highest BCUT2D eigenvalue weighted by atomic mass is 15.2. The summed E-state index contributed by atoms with van der Waals surface area (Å²) in [6.45, 7) is 7.79. The van der Waals surface area contributed by atoms with Crippen LogP contribution in [0.3, 0.4) is 0 Å². The minimum Gasteiger partial charge on any atom is -0.303 e. The van der Waals surface area contributed by atoms with Crippen molar-refractivity contribution in [2.75, 3.05) is 13.6 Å². The topological polar surface area (TPSA) is 3.24 Å². The van der Waals surface area contributed by atoms with Gasteiger partial charge in [0, 0.05) is 12.6 Å². The van der Waals surface area contributed by atoms with Gasteiger partial charge in [0.05, 0.1) is 0 Å². The first-order chi connectivity index (χ1) is 5.70. The zero-order valence-electron chi connectivity index (χ0n) is 9.06. The minimum absolute atomic E-state index is 0.684. The van der Waals surface area contributed by atoms with Gasteiger partial charge in [-0.15, -0.1) is 0 Å². The molecular weight excluding hydrogens is 146 g/mol. The van der Waals surface area contributed by atoms with E-state index in [-0.39, 0.29) is 0 Å². The molecule has 3 rings (SSSR count). The lowest BCUT2D eigenvalue weighted by Crippen LogP contribution is -2.50. The highest BCUT2D eigenvalue weighted by Crippen LogP contribution is 2.43. The summed E-state index contributed by atoms with van der Waals surface area (Å²) in [5.41, 5.74) is 0.684. The summed E-state index contributed by atoms with van der Waals surface area (Å²) in [4.78, 5) is 2.55. The Bertz CT molecular complexity index is 134. The molecule has 0 amide bonds. The molecule has 0 atom stereocenters. The lowest BCUT2D eigenvalue weighted by molar-refractivity contribution is 0.00820. The monoisotopic (exact) mass is 169 g/mol. The number of rotatable bonds is 0. The third-order valence-corrected chi connectivity index (χ3v) is 3.42. The minimum atomic E-state index is 0.684. The van der Waals surface area contributed by atoms with Gasteiger partial charge in [-0.3, -0.25) is 0 Å². The van der Waals surface area contributed by atoms with Gasteiger partial charge in [-0.2, -0.15) is 0 Å². The van der Waals surface area contributed by atoms with Gasteiger partial charge in [-0.25, -0.2) is 0 Å². The molecule has 2 bridgehead atoms. The third-order valence-electron chi connectivity index (χ3n) is 3.42. The van der Waals surface area contributed by atoms with E-state index < -0.39 is 0 Å². The van der Waals surface area contributed by atoms with Gasteiger partial charge >= 0.3 is 0 Å². The van der Waals surface area contributed by atoms with Crippen LogP contribution in [0.1, 0.15) is 46.5 Å². The van der Waals surface area contributed by atoms with Gasteiger partial charge in [0.1, 0.15) is 0 Å². The first-order valence-corrected chi connectivity index (χ1v) is 5.40. The average molecular weight is 169 g/mol. The van der Waals surface area contributed by atoms with Crippen LogP contribution in [0.2, 0.25) is 0 Å². The second kappa shape index (κ2) is 3.78. The van der Waals surface area contributed by atoms with E-state index in [2.05, 4.69) is 18.9 Å².